The van der Waals surface area contributed by atoms with Crippen LogP contribution in [0.5, 0.6) is 5.75 Å². The van der Waals surface area contributed by atoms with Crippen molar-refractivity contribution < 1.29 is 23.8 Å². The van der Waals surface area contributed by atoms with Crippen molar-refractivity contribution in [2.45, 2.75) is 39.7 Å². The van der Waals surface area contributed by atoms with Crippen LogP contribution in [0.3, 0.4) is 0 Å². The van der Waals surface area contributed by atoms with Crippen LogP contribution in [-0.2, 0) is 19.1 Å². The Hall–Kier alpha value is -3.91. The molecule has 1 atom stereocenters. The third-order valence-electron chi connectivity index (χ3n) is 6.12. The fraction of sp³-hybridized carbons (Fsp3) is 0.276. The van der Waals surface area contributed by atoms with Crippen LogP contribution in [0, 0.1) is 0 Å². The number of hydrogen-bond acceptors (Lipinski definition) is 8. The van der Waals surface area contributed by atoms with Crippen LogP contribution in [0.4, 0.5) is 0 Å². The number of nitrogens with one attached hydrogen (secondary N) is 1. The molecule has 0 saturated heterocycles. The van der Waals surface area contributed by atoms with Gasteiger partial charge in [-0.1, -0.05) is 24.3 Å². The molecule has 1 aromatic heterocycles. The molecule has 0 amide bonds. The Morgan fingerprint density at radius 3 is 2.22 bits per heavy atom. The molecular formula is C29H30N2O5S. The lowest BCUT2D eigenvalue weighted by Gasteiger charge is -2.31. The number of dihydropyridines is 1. The first kappa shape index (κ1) is 26.2. The summed E-state index contributed by atoms with van der Waals surface area (Å²) in [5.74, 6) is -0.905. The monoisotopic (exact) mass is 518 g/mol. The number of allylic oxidation sites excluding steroid dienone is 2. The predicted molar refractivity (Wildman–Crippen MR) is 144 cm³/mol. The molecule has 8 heteroatoms. The molecule has 1 aliphatic rings. The molecule has 2 aromatic carbocycles. The number of hydrogen-bond donors (Lipinski definition) is 1. The van der Waals surface area contributed by atoms with Crippen LogP contribution in [0.1, 0.15) is 39.2 Å². The van der Waals surface area contributed by atoms with E-state index in [-0.39, 0.29) is 6.10 Å². The minimum atomic E-state index is -0.690. The molecule has 3 aromatic rings. The van der Waals surface area contributed by atoms with E-state index in [0.717, 1.165) is 33.1 Å². The van der Waals surface area contributed by atoms with Crippen LogP contribution in [0.15, 0.2) is 76.5 Å². The summed E-state index contributed by atoms with van der Waals surface area (Å²) in [6.07, 6.45) is -0.316. The summed E-state index contributed by atoms with van der Waals surface area (Å²) >= 11 is 1.50. The van der Waals surface area contributed by atoms with Crippen molar-refractivity contribution in [3.05, 3.63) is 82.0 Å². The number of ether oxygens (including phenoxy) is 3. The van der Waals surface area contributed by atoms with Crippen LogP contribution >= 0.6 is 11.3 Å². The van der Waals surface area contributed by atoms with Gasteiger partial charge in [0.1, 0.15) is 10.8 Å². The molecule has 0 saturated carbocycles. The van der Waals surface area contributed by atoms with Gasteiger partial charge in [-0.3, -0.25) is 0 Å². The zero-order valence-electron chi connectivity index (χ0n) is 21.7. The Bertz CT molecular complexity index is 1390. The van der Waals surface area contributed by atoms with Crippen LogP contribution in [0.2, 0.25) is 0 Å². The first-order chi connectivity index (χ1) is 17.7. The third kappa shape index (κ3) is 5.29. The van der Waals surface area contributed by atoms with Crippen molar-refractivity contribution in [3.63, 3.8) is 0 Å². The number of aromatic nitrogens is 1. The minimum absolute atomic E-state index is 0.316. The van der Waals surface area contributed by atoms with Crippen molar-refractivity contribution in [2.75, 3.05) is 14.2 Å². The average Bonchev–Trinajstić information content (AvgIpc) is 3.37. The van der Waals surface area contributed by atoms with Gasteiger partial charge in [0.25, 0.3) is 0 Å². The summed E-state index contributed by atoms with van der Waals surface area (Å²) in [5, 5.41) is 5.94. The van der Waals surface area contributed by atoms with E-state index in [0.29, 0.717) is 22.5 Å². The largest absolute Gasteiger partial charge is 0.497 e. The van der Waals surface area contributed by atoms with Gasteiger partial charge in [0, 0.05) is 27.9 Å². The fourth-order valence-corrected chi connectivity index (χ4v) is 5.34. The quantitative estimate of drug-likeness (QED) is 0.393. The van der Waals surface area contributed by atoms with Gasteiger partial charge >= 0.3 is 11.9 Å². The van der Waals surface area contributed by atoms with Crippen LogP contribution in [-0.4, -0.2) is 37.2 Å². The van der Waals surface area contributed by atoms with Crippen molar-refractivity contribution in [3.8, 4) is 27.6 Å². The van der Waals surface area contributed by atoms with E-state index in [9.17, 15) is 9.59 Å². The number of benzene rings is 2. The minimum Gasteiger partial charge on any atom is -0.497 e. The first-order valence-corrected chi connectivity index (χ1v) is 12.8. The highest BCUT2D eigenvalue weighted by atomic mass is 32.1. The van der Waals surface area contributed by atoms with Crippen LogP contribution in [0.25, 0.3) is 21.8 Å². The Morgan fingerprint density at radius 2 is 1.59 bits per heavy atom. The topological polar surface area (TPSA) is 86.8 Å². The second-order valence-electron chi connectivity index (χ2n) is 8.93. The predicted octanol–water partition coefficient (Wildman–Crippen LogP) is 5.85. The van der Waals surface area contributed by atoms with Crippen molar-refractivity contribution in [1.29, 1.82) is 0 Å². The molecule has 1 aliphatic heterocycles. The fourth-order valence-electron chi connectivity index (χ4n) is 4.47. The van der Waals surface area contributed by atoms with Gasteiger partial charge in [-0.25, -0.2) is 14.6 Å². The molecule has 0 fully saturated rings. The number of esters is 2. The highest BCUT2D eigenvalue weighted by Gasteiger charge is 2.39. The SMILES string of the molecule is COC(=O)C1=C(C)NC(C)=C(C(=O)OC(C)C)C1c1ccccc1-c1nc(-c2ccc(OC)cc2)cs1. The highest BCUT2D eigenvalue weighted by molar-refractivity contribution is 7.13. The third-order valence-corrected chi connectivity index (χ3v) is 7.00. The lowest BCUT2D eigenvalue weighted by molar-refractivity contribution is -0.143. The van der Waals surface area contributed by atoms with Gasteiger partial charge in [0.15, 0.2) is 0 Å². The summed E-state index contributed by atoms with van der Waals surface area (Å²) in [4.78, 5) is 31.3. The summed E-state index contributed by atoms with van der Waals surface area (Å²) in [5.41, 5.74) is 5.39. The molecule has 1 unspecified atom stereocenters. The van der Waals surface area contributed by atoms with Crippen molar-refractivity contribution in [1.82, 2.24) is 10.3 Å². The lowest BCUT2D eigenvalue weighted by Crippen LogP contribution is -2.33. The number of thiazole rings is 1. The molecule has 0 bridgehead atoms. The number of rotatable bonds is 7. The van der Waals surface area contributed by atoms with Gasteiger partial charge in [0.2, 0.25) is 0 Å². The number of carbonyl (C=O) groups is 2. The Labute approximate surface area is 220 Å². The summed E-state index contributed by atoms with van der Waals surface area (Å²) < 4.78 is 16.0. The van der Waals surface area contributed by atoms with E-state index in [1.165, 1.54) is 18.4 Å². The second kappa shape index (κ2) is 11.0. The maximum Gasteiger partial charge on any atom is 0.337 e. The lowest BCUT2D eigenvalue weighted by atomic mass is 9.78. The van der Waals surface area contributed by atoms with E-state index in [2.05, 4.69) is 5.32 Å². The van der Waals surface area contributed by atoms with Gasteiger partial charge in [-0.05, 0) is 57.5 Å². The smallest absolute Gasteiger partial charge is 0.337 e. The molecule has 0 spiro atoms. The second-order valence-corrected chi connectivity index (χ2v) is 9.79. The molecule has 37 heavy (non-hydrogen) atoms. The molecule has 7 nitrogen and oxygen atoms in total. The highest BCUT2D eigenvalue weighted by Crippen LogP contribution is 2.44. The van der Waals surface area contributed by atoms with E-state index in [4.69, 9.17) is 19.2 Å². The molecule has 192 valence electrons. The standard InChI is InChI=1S/C29H30N2O5S/c1-16(2)36-29(33)25-18(4)30-17(3)24(28(32)35-6)26(25)21-9-7-8-10-22(21)27-31-23(15-37-27)19-11-13-20(34-5)14-12-19/h7-16,26,30H,1-6H3. The van der Waals surface area contributed by atoms with Crippen LogP contribution < -0.4 is 10.1 Å². The number of methoxy groups -OCH3 is 2. The number of carbonyl (C=O) groups excluding carboxylic acids is 2. The van der Waals surface area contributed by atoms with Crippen molar-refractivity contribution in [2.24, 2.45) is 0 Å². The summed E-state index contributed by atoms with van der Waals surface area (Å²) in [6, 6.07) is 15.4. The normalized spacial score (nSPS) is 15.5. The number of nitrogens with zero attached hydrogens (tertiary/aromatic N) is 1. The Morgan fingerprint density at radius 1 is 0.946 bits per heavy atom. The maximum atomic E-state index is 13.3. The molecule has 1 N–H and O–H groups in total. The molecule has 0 radical (unpaired) electrons. The molecular weight excluding hydrogens is 488 g/mol. The van der Waals surface area contributed by atoms with Gasteiger partial charge in [0.05, 0.1) is 43.1 Å². The maximum absolute atomic E-state index is 13.3. The molecule has 4 rings (SSSR count). The average molecular weight is 519 g/mol. The van der Waals surface area contributed by atoms with Crippen molar-refractivity contribution >= 4 is 23.3 Å². The molecule has 2 heterocycles. The Kier molecular flexibility index (Phi) is 7.78. The van der Waals surface area contributed by atoms with Gasteiger partial charge in [-0.15, -0.1) is 11.3 Å². The molecule has 0 aliphatic carbocycles. The first-order valence-electron chi connectivity index (χ1n) is 11.9. The zero-order valence-corrected chi connectivity index (χ0v) is 22.6. The van der Waals surface area contributed by atoms with E-state index in [1.54, 1.807) is 27.9 Å². The summed E-state index contributed by atoms with van der Waals surface area (Å²) in [6.45, 7) is 7.22. The Balaban J connectivity index is 1.86. The zero-order chi connectivity index (χ0) is 26.7. The van der Waals surface area contributed by atoms with E-state index in [1.807, 2.05) is 60.8 Å². The van der Waals surface area contributed by atoms with Gasteiger partial charge in [-0.2, -0.15) is 0 Å². The van der Waals surface area contributed by atoms with Gasteiger partial charge < -0.3 is 19.5 Å². The van der Waals surface area contributed by atoms with E-state index >= 15 is 0 Å². The van der Waals surface area contributed by atoms with E-state index < -0.39 is 17.9 Å². The summed E-state index contributed by atoms with van der Waals surface area (Å²) in [7, 11) is 2.97.